The zero-order chi connectivity index (χ0) is 15.4. The predicted octanol–water partition coefficient (Wildman–Crippen LogP) is 0.511. The summed E-state index contributed by atoms with van der Waals surface area (Å²) in [6.07, 6.45) is 7.69. The van der Waals surface area contributed by atoms with Crippen LogP contribution in [0.4, 0.5) is 0 Å². The van der Waals surface area contributed by atoms with E-state index in [4.69, 9.17) is 0 Å². The van der Waals surface area contributed by atoms with E-state index < -0.39 is 0 Å². The number of nitrogens with zero attached hydrogens (tertiary/aromatic N) is 5. The fourth-order valence-electron chi connectivity index (χ4n) is 2.85. The summed E-state index contributed by atoms with van der Waals surface area (Å²) in [6, 6.07) is 3.88. The molecule has 3 rings (SSSR count). The highest BCUT2D eigenvalue weighted by Gasteiger charge is 2.22. The van der Waals surface area contributed by atoms with Crippen LogP contribution in [0.15, 0.2) is 30.7 Å². The van der Waals surface area contributed by atoms with E-state index in [2.05, 4.69) is 20.4 Å². The Morgan fingerprint density at radius 2 is 2.32 bits per heavy atom. The minimum absolute atomic E-state index is 0.0838. The number of piperidine rings is 1. The van der Waals surface area contributed by atoms with Gasteiger partial charge in [0.05, 0.1) is 6.54 Å². The summed E-state index contributed by atoms with van der Waals surface area (Å²) in [5, 5.41) is 11.5. The van der Waals surface area contributed by atoms with Gasteiger partial charge in [-0.05, 0) is 31.5 Å². The number of rotatable bonds is 5. The Bertz CT molecular complexity index is 605. The Labute approximate surface area is 129 Å². The third-order valence-corrected chi connectivity index (χ3v) is 3.99. The zero-order valence-electron chi connectivity index (χ0n) is 12.9. The molecular formula is C15H22N6O. The van der Waals surface area contributed by atoms with Gasteiger partial charge in [0.2, 0.25) is 0 Å². The summed E-state index contributed by atoms with van der Waals surface area (Å²) in [4.78, 5) is 14.5. The van der Waals surface area contributed by atoms with Crippen molar-refractivity contribution in [2.75, 3.05) is 19.6 Å². The van der Waals surface area contributed by atoms with Crippen LogP contribution in [-0.4, -0.2) is 56.0 Å². The topological polar surface area (TPSA) is 68.0 Å². The molecule has 22 heavy (non-hydrogen) atoms. The van der Waals surface area contributed by atoms with Crippen LogP contribution in [0.3, 0.4) is 0 Å². The molecule has 0 spiro atoms. The van der Waals surface area contributed by atoms with Gasteiger partial charge >= 0.3 is 0 Å². The largest absolute Gasteiger partial charge is 0.347 e. The molecule has 1 aliphatic rings. The molecule has 1 amide bonds. The first-order chi connectivity index (χ1) is 10.7. The van der Waals surface area contributed by atoms with E-state index in [1.54, 1.807) is 23.1 Å². The fraction of sp³-hybridized carbons (Fsp3) is 0.533. The lowest BCUT2D eigenvalue weighted by Crippen LogP contribution is -2.48. The summed E-state index contributed by atoms with van der Waals surface area (Å²) in [6.45, 7) is 3.81. The standard InChI is InChI=1S/C15H22N6O/c1-19-9-5-14(18-19)15(22)17-13-4-2-7-20(12-13)10-11-21-8-3-6-16-21/h3,5-6,8-9,13H,2,4,7,10-12H2,1H3,(H,17,22). The number of carbonyl (C=O) groups excluding carboxylic acids is 1. The second-order valence-electron chi connectivity index (χ2n) is 5.76. The van der Waals surface area contributed by atoms with Gasteiger partial charge in [0.1, 0.15) is 5.69 Å². The molecule has 2 aromatic rings. The highest BCUT2D eigenvalue weighted by molar-refractivity contribution is 5.92. The number of nitrogens with one attached hydrogen (secondary N) is 1. The lowest BCUT2D eigenvalue weighted by molar-refractivity contribution is 0.0896. The molecule has 0 bridgehead atoms. The molecule has 2 aromatic heterocycles. The Hall–Kier alpha value is -2.15. The maximum absolute atomic E-state index is 12.2. The number of hydrogen-bond acceptors (Lipinski definition) is 4. The zero-order valence-corrected chi connectivity index (χ0v) is 12.9. The molecule has 1 N–H and O–H groups in total. The average Bonchev–Trinajstić information content (AvgIpc) is 3.17. The van der Waals surface area contributed by atoms with Crippen molar-refractivity contribution in [1.29, 1.82) is 0 Å². The first-order valence-electron chi connectivity index (χ1n) is 7.71. The van der Waals surface area contributed by atoms with E-state index in [9.17, 15) is 4.79 Å². The number of amides is 1. The van der Waals surface area contributed by atoms with Crippen LogP contribution >= 0.6 is 0 Å². The van der Waals surface area contributed by atoms with E-state index in [1.807, 2.05) is 24.0 Å². The molecule has 1 fully saturated rings. The molecule has 118 valence electrons. The Morgan fingerprint density at radius 3 is 3.05 bits per heavy atom. The van der Waals surface area contributed by atoms with Crippen LogP contribution in [0.25, 0.3) is 0 Å². The molecule has 7 nitrogen and oxygen atoms in total. The number of aryl methyl sites for hydroxylation is 1. The molecule has 1 aliphatic heterocycles. The molecule has 0 aromatic carbocycles. The van der Waals surface area contributed by atoms with Gasteiger partial charge in [-0.1, -0.05) is 0 Å². The lowest BCUT2D eigenvalue weighted by Gasteiger charge is -2.32. The monoisotopic (exact) mass is 302 g/mol. The van der Waals surface area contributed by atoms with Gasteiger partial charge in [0.25, 0.3) is 5.91 Å². The van der Waals surface area contributed by atoms with Gasteiger partial charge in [-0.2, -0.15) is 10.2 Å². The van der Waals surface area contributed by atoms with Crippen molar-refractivity contribution in [3.05, 3.63) is 36.4 Å². The van der Waals surface area contributed by atoms with Crippen molar-refractivity contribution in [3.63, 3.8) is 0 Å². The normalized spacial score (nSPS) is 19.2. The highest BCUT2D eigenvalue weighted by atomic mass is 16.2. The quantitative estimate of drug-likeness (QED) is 0.874. The van der Waals surface area contributed by atoms with Gasteiger partial charge in [-0.3, -0.25) is 19.1 Å². The Balaban J connectivity index is 1.48. The van der Waals surface area contributed by atoms with Gasteiger partial charge in [-0.15, -0.1) is 0 Å². The van der Waals surface area contributed by atoms with Crippen LogP contribution in [0.1, 0.15) is 23.3 Å². The van der Waals surface area contributed by atoms with Crippen molar-refractivity contribution in [2.24, 2.45) is 7.05 Å². The van der Waals surface area contributed by atoms with Crippen LogP contribution in [0.2, 0.25) is 0 Å². The van der Waals surface area contributed by atoms with E-state index in [0.717, 1.165) is 39.0 Å². The molecule has 7 heteroatoms. The smallest absolute Gasteiger partial charge is 0.272 e. The van der Waals surface area contributed by atoms with Crippen molar-refractivity contribution < 1.29 is 4.79 Å². The maximum Gasteiger partial charge on any atom is 0.272 e. The molecule has 0 radical (unpaired) electrons. The van der Waals surface area contributed by atoms with E-state index >= 15 is 0 Å². The van der Waals surface area contributed by atoms with Crippen LogP contribution in [-0.2, 0) is 13.6 Å². The fourth-order valence-corrected chi connectivity index (χ4v) is 2.85. The summed E-state index contributed by atoms with van der Waals surface area (Å²) in [5.74, 6) is -0.0838. The van der Waals surface area contributed by atoms with Crippen LogP contribution < -0.4 is 5.32 Å². The van der Waals surface area contributed by atoms with E-state index in [0.29, 0.717) is 5.69 Å². The number of carbonyl (C=O) groups is 1. The van der Waals surface area contributed by atoms with Gasteiger partial charge in [0, 0.05) is 44.8 Å². The van der Waals surface area contributed by atoms with Crippen LogP contribution in [0, 0.1) is 0 Å². The van der Waals surface area contributed by atoms with Crippen molar-refractivity contribution in [3.8, 4) is 0 Å². The van der Waals surface area contributed by atoms with Crippen molar-refractivity contribution in [2.45, 2.75) is 25.4 Å². The number of hydrogen-bond donors (Lipinski definition) is 1. The van der Waals surface area contributed by atoms with Crippen molar-refractivity contribution in [1.82, 2.24) is 29.8 Å². The number of aromatic nitrogens is 4. The summed E-state index contributed by atoms with van der Waals surface area (Å²) in [5.41, 5.74) is 0.483. The first kappa shape index (κ1) is 14.8. The predicted molar refractivity (Wildman–Crippen MR) is 82.4 cm³/mol. The number of likely N-dealkylation sites (tertiary alicyclic amines) is 1. The molecular weight excluding hydrogens is 280 g/mol. The SMILES string of the molecule is Cn1ccc(C(=O)NC2CCCN(CCn3cccn3)C2)n1. The third-order valence-electron chi connectivity index (χ3n) is 3.99. The first-order valence-corrected chi connectivity index (χ1v) is 7.71. The van der Waals surface area contributed by atoms with Crippen LogP contribution in [0.5, 0.6) is 0 Å². The second-order valence-corrected chi connectivity index (χ2v) is 5.76. The minimum atomic E-state index is -0.0838. The van der Waals surface area contributed by atoms with Crippen molar-refractivity contribution >= 4 is 5.91 Å². The Kier molecular flexibility index (Phi) is 4.53. The summed E-state index contributed by atoms with van der Waals surface area (Å²) in [7, 11) is 1.81. The maximum atomic E-state index is 12.2. The van der Waals surface area contributed by atoms with E-state index in [1.165, 1.54) is 0 Å². The van der Waals surface area contributed by atoms with Gasteiger partial charge in [-0.25, -0.2) is 0 Å². The molecule has 1 unspecified atom stereocenters. The lowest BCUT2D eigenvalue weighted by atomic mass is 10.1. The molecule has 0 aliphatic carbocycles. The third kappa shape index (κ3) is 3.73. The highest BCUT2D eigenvalue weighted by Crippen LogP contribution is 2.11. The average molecular weight is 302 g/mol. The molecule has 3 heterocycles. The Morgan fingerprint density at radius 1 is 1.41 bits per heavy atom. The molecule has 1 atom stereocenters. The van der Waals surface area contributed by atoms with Gasteiger partial charge < -0.3 is 5.32 Å². The second kappa shape index (κ2) is 6.74. The van der Waals surface area contributed by atoms with Gasteiger partial charge in [0.15, 0.2) is 0 Å². The molecule has 1 saturated heterocycles. The summed E-state index contributed by atoms with van der Waals surface area (Å²) >= 11 is 0. The summed E-state index contributed by atoms with van der Waals surface area (Å²) < 4.78 is 3.59. The van der Waals surface area contributed by atoms with E-state index in [-0.39, 0.29) is 11.9 Å². The minimum Gasteiger partial charge on any atom is -0.347 e. The molecule has 0 saturated carbocycles.